The minimum absolute atomic E-state index is 0.178. The van der Waals surface area contributed by atoms with Crippen LogP contribution in [0.1, 0.15) is 38.3 Å². The van der Waals surface area contributed by atoms with E-state index in [0.29, 0.717) is 12.1 Å². The molecule has 3 atom stereocenters. The molecule has 1 aromatic rings. The van der Waals surface area contributed by atoms with Gasteiger partial charge in [0.1, 0.15) is 5.82 Å². The van der Waals surface area contributed by atoms with Crippen LogP contribution in [0.5, 0.6) is 0 Å². The first-order chi connectivity index (χ1) is 10.1. The van der Waals surface area contributed by atoms with Crippen molar-refractivity contribution in [2.45, 2.75) is 44.9 Å². The van der Waals surface area contributed by atoms with Gasteiger partial charge in [-0.3, -0.25) is 0 Å². The van der Waals surface area contributed by atoms with Gasteiger partial charge in [0.2, 0.25) is 0 Å². The van der Waals surface area contributed by atoms with E-state index in [-0.39, 0.29) is 11.9 Å². The molecule has 0 spiro atoms. The van der Waals surface area contributed by atoms with E-state index >= 15 is 0 Å². The predicted octanol–water partition coefficient (Wildman–Crippen LogP) is 2.98. The molecule has 118 valence electrons. The van der Waals surface area contributed by atoms with Gasteiger partial charge in [0.25, 0.3) is 0 Å². The van der Waals surface area contributed by atoms with Gasteiger partial charge in [0.05, 0.1) is 6.10 Å². The Kier molecular flexibility index (Phi) is 6.15. The van der Waals surface area contributed by atoms with Gasteiger partial charge in [0, 0.05) is 25.2 Å². The van der Waals surface area contributed by atoms with E-state index in [9.17, 15) is 4.39 Å². The van der Waals surface area contributed by atoms with E-state index in [1.165, 1.54) is 12.1 Å². The first kappa shape index (κ1) is 16.4. The molecule has 21 heavy (non-hydrogen) atoms. The standard InChI is InChI=1S/C17H27FN2O/c1-4-19-16(14-5-7-15(18)8-6-14)9-11-20(3)17-10-12-21-13(17)2/h5-8,13,16-17,19H,4,9-12H2,1-3H3. The van der Waals surface area contributed by atoms with E-state index in [4.69, 9.17) is 4.74 Å². The van der Waals surface area contributed by atoms with Crippen molar-refractivity contribution in [3.63, 3.8) is 0 Å². The lowest BCUT2D eigenvalue weighted by Gasteiger charge is -2.28. The number of likely N-dealkylation sites (N-methyl/N-ethyl adjacent to an activating group) is 1. The van der Waals surface area contributed by atoms with Gasteiger partial charge in [-0.25, -0.2) is 4.39 Å². The zero-order valence-electron chi connectivity index (χ0n) is 13.3. The van der Waals surface area contributed by atoms with E-state index in [0.717, 1.165) is 38.1 Å². The zero-order valence-corrected chi connectivity index (χ0v) is 13.3. The Morgan fingerprint density at radius 2 is 2.10 bits per heavy atom. The van der Waals surface area contributed by atoms with E-state index in [1.54, 1.807) is 0 Å². The van der Waals surface area contributed by atoms with E-state index in [2.05, 4.69) is 31.1 Å². The quantitative estimate of drug-likeness (QED) is 0.837. The summed E-state index contributed by atoms with van der Waals surface area (Å²) in [5.74, 6) is -0.178. The lowest BCUT2D eigenvalue weighted by molar-refractivity contribution is 0.0823. The maximum absolute atomic E-state index is 13.1. The van der Waals surface area contributed by atoms with Gasteiger partial charge in [0.15, 0.2) is 0 Å². The lowest BCUT2D eigenvalue weighted by Crippen LogP contribution is -2.38. The molecule has 0 radical (unpaired) electrons. The van der Waals surface area contributed by atoms with Gasteiger partial charge in [-0.1, -0.05) is 19.1 Å². The summed E-state index contributed by atoms with van der Waals surface area (Å²) in [5, 5.41) is 3.50. The molecule has 1 aliphatic rings. The van der Waals surface area contributed by atoms with Crippen LogP contribution in [0.2, 0.25) is 0 Å². The molecular weight excluding hydrogens is 267 g/mol. The summed E-state index contributed by atoms with van der Waals surface area (Å²) in [5.41, 5.74) is 1.15. The maximum Gasteiger partial charge on any atom is 0.123 e. The first-order valence-corrected chi connectivity index (χ1v) is 7.92. The topological polar surface area (TPSA) is 24.5 Å². The second-order valence-electron chi connectivity index (χ2n) is 5.86. The highest BCUT2D eigenvalue weighted by Crippen LogP contribution is 2.21. The molecule has 3 unspecified atom stereocenters. The zero-order chi connectivity index (χ0) is 15.2. The van der Waals surface area contributed by atoms with Crippen molar-refractivity contribution < 1.29 is 9.13 Å². The fourth-order valence-electron chi connectivity index (χ4n) is 3.13. The van der Waals surface area contributed by atoms with Gasteiger partial charge < -0.3 is 15.0 Å². The highest BCUT2D eigenvalue weighted by atomic mass is 19.1. The van der Waals surface area contributed by atoms with Crippen LogP contribution in [-0.2, 0) is 4.74 Å². The smallest absolute Gasteiger partial charge is 0.123 e. The number of rotatable bonds is 7. The lowest BCUT2D eigenvalue weighted by atomic mass is 10.0. The summed E-state index contributed by atoms with van der Waals surface area (Å²) in [4.78, 5) is 2.39. The normalized spacial score (nSPS) is 23.7. The third-order valence-electron chi connectivity index (χ3n) is 4.40. The Morgan fingerprint density at radius 1 is 1.38 bits per heavy atom. The largest absolute Gasteiger partial charge is 0.377 e. The average Bonchev–Trinajstić information content (AvgIpc) is 2.90. The molecule has 1 aromatic carbocycles. The molecule has 0 bridgehead atoms. The Balaban J connectivity index is 1.92. The Bertz CT molecular complexity index is 423. The number of halogens is 1. The molecule has 1 heterocycles. The SMILES string of the molecule is CCNC(CCN(C)C1CCOC1C)c1ccc(F)cc1. The molecular formula is C17H27FN2O. The van der Waals surface area contributed by atoms with Crippen LogP contribution in [0, 0.1) is 5.82 Å². The molecule has 0 aromatic heterocycles. The van der Waals surface area contributed by atoms with Crippen LogP contribution >= 0.6 is 0 Å². The molecule has 3 nitrogen and oxygen atoms in total. The second-order valence-corrected chi connectivity index (χ2v) is 5.86. The number of ether oxygens (including phenoxy) is 1. The predicted molar refractivity (Wildman–Crippen MR) is 83.9 cm³/mol. The Labute approximate surface area is 127 Å². The molecule has 2 rings (SSSR count). The highest BCUT2D eigenvalue weighted by molar-refractivity contribution is 5.20. The summed E-state index contributed by atoms with van der Waals surface area (Å²) < 4.78 is 18.7. The van der Waals surface area contributed by atoms with Crippen LogP contribution in [0.25, 0.3) is 0 Å². The molecule has 0 aliphatic carbocycles. The molecule has 0 saturated carbocycles. The number of benzene rings is 1. The fraction of sp³-hybridized carbons (Fsp3) is 0.647. The van der Waals surface area contributed by atoms with Crippen molar-refractivity contribution in [3.8, 4) is 0 Å². The van der Waals surface area contributed by atoms with Gasteiger partial charge in [-0.15, -0.1) is 0 Å². The molecule has 1 aliphatic heterocycles. The van der Waals surface area contributed by atoms with Crippen molar-refractivity contribution >= 4 is 0 Å². The van der Waals surface area contributed by atoms with Crippen molar-refractivity contribution in [1.29, 1.82) is 0 Å². The number of hydrogen-bond donors (Lipinski definition) is 1. The number of hydrogen-bond acceptors (Lipinski definition) is 3. The maximum atomic E-state index is 13.1. The Hall–Kier alpha value is -0.970. The fourth-order valence-corrected chi connectivity index (χ4v) is 3.13. The first-order valence-electron chi connectivity index (χ1n) is 7.92. The third kappa shape index (κ3) is 4.50. The van der Waals surface area contributed by atoms with Gasteiger partial charge in [-0.05, 0) is 51.1 Å². The minimum atomic E-state index is -0.178. The average molecular weight is 294 g/mol. The van der Waals surface area contributed by atoms with Gasteiger partial charge >= 0.3 is 0 Å². The van der Waals surface area contributed by atoms with E-state index < -0.39 is 0 Å². The summed E-state index contributed by atoms with van der Waals surface area (Å²) in [7, 11) is 2.17. The van der Waals surface area contributed by atoms with E-state index in [1.807, 2.05) is 12.1 Å². The van der Waals surface area contributed by atoms with Crippen LogP contribution in [-0.4, -0.2) is 43.8 Å². The Morgan fingerprint density at radius 3 is 2.67 bits per heavy atom. The van der Waals surface area contributed by atoms with Crippen molar-refractivity contribution in [3.05, 3.63) is 35.6 Å². The molecule has 0 amide bonds. The molecule has 1 fully saturated rings. The minimum Gasteiger partial charge on any atom is -0.377 e. The van der Waals surface area contributed by atoms with Crippen molar-refractivity contribution in [2.75, 3.05) is 26.7 Å². The molecule has 1 saturated heterocycles. The summed E-state index contributed by atoms with van der Waals surface area (Å²) in [6.07, 6.45) is 2.44. The molecule has 1 N–H and O–H groups in total. The van der Waals surface area contributed by atoms with Crippen LogP contribution in [0.15, 0.2) is 24.3 Å². The van der Waals surface area contributed by atoms with Crippen molar-refractivity contribution in [1.82, 2.24) is 10.2 Å². The van der Waals surface area contributed by atoms with Crippen LogP contribution in [0.4, 0.5) is 4.39 Å². The summed E-state index contributed by atoms with van der Waals surface area (Å²) in [6.45, 7) is 7.04. The highest BCUT2D eigenvalue weighted by Gasteiger charge is 2.27. The van der Waals surface area contributed by atoms with Crippen LogP contribution < -0.4 is 5.32 Å². The third-order valence-corrected chi connectivity index (χ3v) is 4.40. The van der Waals surface area contributed by atoms with Crippen LogP contribution in [0.3, 0.4) is 0 Å². The number of nitrogens with one attached hydrogen (secondary N) is 1. The summed E-state index contributed by atoms with van der Waals surface area (Å²) in [6, 6.07) is 7.62. The second kappa shape index (κ2) is 7.87. The van der Waals surface area contributed by atoms with Crippen molar-refractivity contribution in [2.24, 2.45) is 0 Å². The van der Waals surface area contributed by atoms with Gasteiger partial charge in [-0.2, -0.15) is 0 Å². The summed E-state index contributed by atoms with van der Waals surface area (Å²) >= 11 is 0. The monoisotopic (exact) mass is 294 g/mol. The molecule has 4 heteroatoms. The number of nitrogens with zero attached hydrogens (tertiary/aromatic N) is 1.